The molecule has 0 aliphatic carbocycles. The molecule has 0 fully saturated rings. The van der Waals surface area contributed by atoms with Crippen LogP contribution in [0.2, 0.25) is 10.8 Å². The van der Waals surface area contributed by atoms with Crippen molar-refractivity contribution in [2.24, 2.45) is 0 Å². The van der Waals surface area contributed by atoms with E-state index >= 15 is 0 Å². The maximum atomic E-state index is 11.5. The molecule has 1 heterocycles. The third-order valence-electron chi connectivity index (χ3n) is 15.6. The number of benzene rings is 2. The van der Waals surface area contributed by atoms with E-state index < -0.39 is 0 Å². The first-order chi connectivity index (χ1) is 36.8. The van der Waals surface area contributed by atoms with Crippen molar-refractivity contribution >= 4 is 11.4 Å². The molecule has 1 aliphatic heterocycles. The molecule has 0 atom stereocenters. The third-order valence-corrected chi connectivity index (χ3v) is 17.0. The fourth-order valence-electron chi connectivity index (χ4n) is 11.2. The van der Waals surface area contributed by atoms with Crippen LogP contribution < -0.4 is 0 Å². The number of hydrogen-bond donors (Lipinski definition) is 0. The first-order valence-electron chi connectivity index (χ1n) is 32.8. The molecule has 0 amide bonds. The Morgan fingerprint density at radius 3 is 0.893 bits per heavy atom. The predicted octanol–water partition coefficient (Wildman–Crippen LogP) is 25.2. The van der Waals surface area contributed by atoms with Crippen molar-refractivity contribution in [1.82, 2.24) is 0 Å². The molecule has 75 heavy (non-hydrogen) atoms. The second-order valence-corrected chi connectivity index (χ2v) is 24.8. The van der Waals surface area contributed by atoms with Crippen LogP contribution in [0.1, 0.15) is 344 Å². The van der Waals surface area contributed by atoms with Gasteiger partial charge < -0.3 is 5.53 Å². The van der Waals surface area contributed by atoms with Gasteiger partial charge in [0.05, 0.1) is 0 Å². The zero-order valence-electron chi connectivity index (χ0n) is 51.2. The minimum atomic E-state index is 0.787. The Hall–Kier alpha value is -2.43. The van der Waals surface area contributed by atoms with E-state index in [0.717, 1.165) is 59.4 Å². The Morgan fingerprint density at radius 2 is 0.613 bits per heavy atom. The molecule has 0 saturated heterocycles. The van der Waals surface area contributed by atoms with Crippen LogP contribution in [0.5, 0.6) is 0 Å². The smallest absolute Gasteiger partial charge is 0.0654 e. The molecule has 0 radical (unpaired) electrons. The van der Waals surface area contributed by atoms with Crippen LogP contribution in [-0.4, -0.2) is 4.70 Å². The second-order valence-electron chi connectivity index (χ2n) is 23.3. The average molecular weight is 1070 g/mol. The summed E-state index contributed by atoms with van der Waals surface area (Å²) in [6, 6.07) is 12.9. The Labute approximate surface area is 474 Å². The van der Waals surface area contributed by atoms with Crippen molar-refractivity contribution in [3.05, 3.63) is 86.5 Å². The van der Waals surface area contributed by atoms with Crippen molar-refractivity contribution in [2.75, 3.05) is 0 Å². The molecule has 0 bridgehead atoms. The summed E-state index contributed by atoms with van der Waals surface area (Å²) in [6.45, 7) is 17.3. The van der Waals surface area contributed by atoms with E-state index in [-0.39, 0.29) is 0 Å². The van der Waals surface area contributed by atoms with E-state index in [1.165, 1.54) is 295 Å². The summed E-state index contributed by atoms with van der Waals surface area (Å²) in [6.07, 6.45) is 63.1. The van der Waals surface area contributed by atoms with Crippen LogP contribution in [0, 0.1) is 39.5 Å². The molecule has 2 nitrogen and oxygen atoms in total. The first kappa shape index (κ1) is 68.7. The number of nitrogens with zero attached hydrogens (tertiary/aromatic N) is 2. The van der Waals surface area contributed by atoms with E-state index in [9.17, 15) is 5.53 Å². The maximum absolute atomic E-state index is 11.5. The van der Waals surface area contributed by atoms with Gasteiger partial charge in [0.2, 0.25) is 11.4 Å². The summed E-state index contributed by atoms with van der Waals surface area (Å²) in [7, 11) is 0. The molecule has 3 heteroatoms. The number of hydrogen-bond acceptors (Lipinski definition) is 0. The zero-order chi connectivity index (χ0) is 54.2. The van der Waals surface area contributed by atoms with Gasteiger partial charge in [0.1, 0.15) is 5.57 Å². The minimum absolute atomic E-state index is 0.787. The molecule has 2 aromatic carbocycles. The zero-order valence-corrected chi connectivity index (χ0v) is 52.2. The summed E-state index contributed by atoms with van der Waals surface area (Å²) < 4.78 is 1.40. The van der Waals surface area contributed by atoms with Crippen LogP contribution >= 0.6 is 0 Å². The van der Waals surface area contributed by atoms with Gasteiger partial charge >= 0.3 is 166 Å². The van der Waals surface area contributed by atoms with E-state index in [1.54, 1.807) is 0 Å². The summed E-state index contributed by atoms with van der Waals surface area (Å²) in [5.74, 6) is 6.67. The summed E-state index contributed by atoms with van der Waals surface area (Å²) in [4.78, 5) is 0. The van der Waals surface area contributed by atoms with Gasteiger partial charge in [0.25, 0.3) is 0 Å². The van der Waals surface area contributed by atoms with Gasteiger partial charge in [0.15, 0.2) is 0 Å². The van der Waals surface area contributed by atoms with Crippen molar-refractivity contribution in [1.29, 1.82) is 0 Å². The number of rotatable bonds is 47. The molecule has 0 spiro atoms. The van der Waals surface area contributed by atoms with Crippen molar-refractivity contribution in [2.45, 2.75) is 349 Å². The molecular formula is C72H122N2Ni. The second kappa shape index (κ2) is 48.7. The van der Waals surface area contributed by atoms with Crippen molar-refractivity contribution < 1.29 is 19.1 Å². The summed E-state index contributed by atoms with van der Waals surface area (Å²) in [5, 5.41) is 2.87. The average Bonchev–Trinajstić information content (AvgIpc) is 3.68. The Morgan fingerprint density at radius 1 is 0.347 bits per heavy atom. The van der Waals surface area contributed by atoms with Crippen LogP contribution in [0.15, 0.2) is 47.5 Å². The van der Waals surface area contributed by atoms with Gasteiger partial charge in [-0.1, -0.05) is 196 Å². The van der Waals surface area contributed by atoms with Crippen molar-refractivity contribution in [3.8, 4) is 11.8 Å². The van der Waals surface area contributed by atoms with Gasteiger partial charge in [0, 0.05) is 23.1 Å². The van der Waals surface area contributed by atoms with Crippen LogP contribution in [-0.2, 0) is 14.4 Å². The van der Waals surface area contributed by atoms with Gasteiger partial charge in [-0.05, 0) is 64.8 Å². The predicted molar refractivity (Wildman–Crippen MR) is 333 cm³/mol. The molecule has 0 N–H and O–H groups in total. The molecule has 0 aromatic heterocycles. The van der Waals surface area contributed by atoms with Crippen LogP contribution in [0.4, 0.5) is 0 Å². The number of aryl methyl sites for hydroxylation is 4. The van der Waals surface area contributed by atoms with E-state index in [0.29, 0.717) is 0 Å². The Bertz CT molecular complexity index is 1750. The van der Waals surface area contributed by atoms with E-state index in [4.69, 9.17) is 0 Å². The normalized spacial score (nSPS) is 12.5. The molecule has 3 rings (SSSR count). The third kappa shape index (κ3) is 34.9. The molecule has 0 saturated carbocycles. The Balaban J connectivity index is 0.000000552. The van der Waals surface area contributed by atoms with E-state index in [1.807, 2.05) is 14.4 Å². The number of allylic oxidation sites excluding steroid dienone is 2. The number of unbranched alkanes of at least 4 members (excludes halogenated alkanes) is 39. The molecular weight excluding hydrogens is 951 g/mol. The topological polar surface area (TPSA) is 25.3 Å². The van der Waals surface area contributed by atoms with Gasteiger partial charge in [-0.2, -0.15) is 0 Å². The van der Waals surface area contributed by atoms with Crippen LogP contribution in [0.3, 0.4) is 0 Å². The van der Waals surface area contributed by atoms with E-state index in [2.05, 4.69) is 104 Å². The molecule has 430 valence electrons. The molecule has 2 aromatic rings. The van der Waals surface area contributed by atoms with Crippen LogP contribution in [0.25, 0.3) is 16.9 Å². The summed E-state index contributed by atoms with van der Waals surface area (Å²) >= 11 is 2.05. The quantitative estimate of drug-likeness (QED) is 0.0273. The molecule has 1 aliphatic rings. The SMILES string of the molecule is CCC#CC1=C(c2cc(C)cc(C)c2)[N+](=[N-])C(c2cc(C)cc(C)c2)=C1CCCC.CCCCCCCCCCCCCCCCCCCCC[CH2][Ni][CH2]CCCCCCCCCCCCCCCCCCCCC. The fraction of sp³-hybridized carbons (Fsp3) is 0.750. The van der Waals surface area contributed by atoms with Gasteiger partial charge in [-0.15, -0.1) is 0 Å². The Kier molecular flexibility index (Phi) is 44.6. The van der Waals surface area contributed by atoms with Crippen molar-refractivity contribution in [3.63, 3.8) is 0 Å². The standard InChI is InChI=1S/C28H32N2.2C22H45.Ni/c1-7-9-11-25-26(12-10-8-2)28(24-17-21(5)14-22(6)18-24)30(29)27(25)23-15-19(3)13-20(4)16-23;2*1-3-5-7-9-11-13-15-17-19-21-22-20-18-16-14-12-10-8-6-4-2;/h13-18H,7-9,11H2,1-6H3;2*1,3-22H2,2H3;. The minimum Gasteiger partial charge on any atom is -0.0654 e. The van der Waals surface area contributed by atoms with Gasteiger partial charge in [-0.25, -0.2) is 4.70 Å². The molecule has 0 unspecified atom stereocenters. The fourth-order valence-corrected chi connectivity index (χ4v) is 12.4. The van der Waals surface area contributed by atoms with Gasteiger partial charge in [-0.3, -0.25) is 0 Å². The monoisotopic (exact) mass is 1070 g/mol. The first-order valence-corrected chi connectivity index (χ1v) is 34.2. The summed E-state index contributed by atoms with van der Waals surface area (Å²) in [5.41, 5.74) is 22.1.